The number of carbonyl (C=O) groups is 1. The molecule has 2 fully saturated rings. The molecule has 0 saturated carbocycles. The van der Waals surface area contributed by atoms with Crippen molar-refractivity contribution in [2.75, 3.05) is 39.4 Å². The molecule has 2 aliphatic heterocycles. The van der Waals surface area contributed by atoms with Gasteiger partial charge in [-0.1, -0.05) is 0 Å². The van der Waals surface area contributed by atoms with Crippen molar-refractivity contribution in [1.29, 1.82) is 0 Å². The van der Waals surface area contributed by atoms with Crippen molar-refractivity contribution in [3.63, 3.8) is 0 Å². The van der Waals surface area contributed by atoms with E-state index in [9.17, 15) is 4.79 Å². The van der Waals surface area contributed by atoms with Crippen LogP contribution < -0.4 is 11.1 Å². The van der Waals surface area contributed by atoms with E-state index in [-0.39, 0.29) is 5.91 Å². The number of piperidine rings is 1. The Morgan fingerprint density at radius 2 is 2.12 bits per heavy atom. The third kappa shape index (κ3) is 4.26. The molecule has 17 heavy (non-hydrogen) atoms. The van der Waals surface area contributed by atoms with Gasteiger partial charge in [-0.2, -0.15) is 0 Å². The molecule has 0 bridgehead atoms. The Kier molecular flexibility index (Phi) is 4.76. The van der Waals surface area contributed by atoms with Crippen molar-refractivity contribution >= 4 is 5.91 Å². The SMILES string of the molecule is NC1CCN(CC(=O)NCC2CCOC2)CC1. The molecule has 0 aromatic rings. The van der Waals surface area contributed by atoms with E-state index in [0.717, 1.165) is 52.1 Å². The minimum Gasteiger partial charge on any atom is -0.381 e. The molecule has 0 aromatic heterocycles. The van der Waals surface area contributed by atoms with Crippen LogP contribution in [-0.2, 0) is 9.53 Å². The van der Waals surface area contributed by atoms with Crippen LogP contribution >= 0.6 is 0 Å². The lowest BCUT2D eigenvalue weighted by atomic mass is 10.1. The first-order chi connectivity index (χ1) is 8.24. The summed E-state index contributed by atoms with van der Waals surface area (Å²) in [4.78, 5) is 13.9. The number of carbonyl (C=O) groups excluding carboxylic acids is 1. The van der Waals surface area contributed by atoms with Crippen LogP contribution in [0.15, 0.2) is 0 Å². The summed E-state index contributed by atoms with van der Waals surface area (Å²) >= 11 is 0. The summed E-state index contributed by atoms with van der Waals surface area (Å²) in [5.41, 5.74) is 5.83. The van der Waals surface area contributed by atoms with Gasteiger partial charge in [-0.3, -0.25) is 9.69 Å². The molecule has 3 N–H and O–H groups in total. The maximum Gasteiger partial charge on any atom is 0.234 e. The van der Waals surface area contributed by atoms with E-state index in [1.54, 1.807) is 0 Å². The summed E-state index contributed by atoms with van der Waals surface area (Å²) in [5, 5.41) is 2.99. The first kappa shape index (κ1) is 12.8. The van der Waals surface area contributed by atoms with Crippen LogP contribution in [0.4, 0.5) is 0 Å². The Bertz CT molecular complexity index is 246. The smallest absolute Gasteiger partial charge is 0.234 e. The molecule has 1 atom stereocenters. The van der Waals surface area contributed by atoms with Gasteiger partial charge in [-0.25, -0.2) is 0 Å². The maximum absolute atomic E-state index is 11.7. The first-order valence-corrected chi connectivity index (χ1v) is 6.56. The molecule has 1 amide bonds. The molecule has 2 heterocycles. The quantitative estimate of drug-likeness (QED) is 0.700. The predicted octanol–water partition coefficient (Wildman–Crippen LogP) is -0.438. The average Bonchev–Trinajstić information content (AvgIpc) is 2.83. The van der Waals surface area contributed by atoms with Crippen LogP contribution in [-0.4, -0.2) is 56.2 Å². The number of amides is 1. The zero-order valence-electron chi connectivity index (χ0n) is 10.4. The van der Waals surface area contributed by atoms with Crippen LogP contribution in [0.25, 0.3) is 0 Å². The Morgan fingerprint density at radius 3 is 2.76 bits per heavy atom. The largest absolute Gasteiger partial charge is 0.381 e. The highest BCUT2D eigenvalue weighted by Crippen LogP contribution is 2.11. The first-order valence-electron chi connectivity index (χ1n) is 6.56. The fraction of sp³-hybridized carbons (Fsp3) is 0.917. The molecule has 0 spiro atoms. The Hall–Kier alpha value is -0.650. The van der Waals surface area contributed by atoms with E-state index in [4.69, 9.17) is 10.5 Å². The van der Waals surface area contributed by atoms with Crippen LogP contribution in [0.2, 0.25) is 0 Å². The second-order valence-corrected chi connectivity index (χ2v) is 5.15. The van der Waals surface area contributed by atoms with Crippen molar-refractivity contribution in [3.05, 3.63) is 0 Å². The van der Waals surface area contributed by atoms with Gasteiger partial charge in [0.15, 0.2) is 0 Å². The second-order valence-electron chi connectivity index (χ2n) is 5.15. The minimum atomic E-state index is 0.132. The van der Waals surface area contributed by atoms with Gasteiger partial charge in [0.2, 0.25) is 5.91 Å². The third-order valence-electron chi connectivity index (χ3n) is 3.61. The molecule has 2 saturated heterocycles. The number of rotatable bonds is 4. The molecule has 1 unspecified atom stereocenters. The van der Waals surface area contributed by atoms with Gasteiger partial charge in [0.05, 0.1) is 13.2 Å². The fourth-order valence-electron chi connectivity index (χ4n) is 2.37. The van der Waals surface area contributed by atoms with E-state index in [1.165, 1.54) is 0 Å². The number of ether oxygens (including phenoxy) is 1. The van der Waals surface area contributed by atoms with E-state index in [2.05, 4.69) is 10.2 Å². The Morgan fingerprint density at radius 1 is 1.35 bits per heavy atom. The monoisotopic (exact) mass is 241 g/mol. The number of nitrogens with zero attached hydrogens (tertiary/aromatic N) is 1. The number of nitrogens with two attached hydrogens (primary N) is 1. The number of hydrogen-bond acceptors (Lipinski definition) is 4. The van der Waals surface area contributed by atoms with Crippen molar-refractivity contribution in [2.24, 2.45) is 11.7 Å². The topological polar surface area (TPSA) is 67.6 Å². The molecule has 2 rings (SSSR count). The minimum absolute atomic E-state index is 0.132. The average molecular weight is 241 g/mol. The summed E-state index contributed by atoms with van der Waals surface area (Å²) in [6.07, 6.45) is 3.08. The molecule has 0 aliphatic carbocycles. The summed E-state index contributed by atoms with van der Waals surface area (Å²) in [7, 11) is 0. The number of nitrogens with one attached hydrogen (secondary N) is 1. The normalized spacial score (nSPS) is 27.2. The van der Waals surface area contributed by atoms with Crippen LogP contribution in [0.3, 0.4) is 0 Å². The number of hydrogen-bond donors (Lipinski definition) is 2. The van der Waals surface area contributed by atoms with Gasteiger partial charge < -0.3 is 15.8 Å². The fourth-order valence-corrected chi connectivity index (χ4v) is 2.37. The number of likely N-dealkylation sites (tertiary alicyclic amines) is 1. The standard InChI is InChI=1S/C12H23N3O2/c13-11-1-4-15(5-2-11)8-12(16)14-7-10-3-6-17-9-10/h10-11H,1-9,13H2,(H,14,16). The lowest BCUT2D eigenvalue weighted by Gasteiger charge is -2.29. The summed E-state index contributed by atoms with van der Waals surface area (Å²) < 4.78 is 5.28. The van der Waals surface area contributed by atoms with Crippen LogP contribution in [0.5, 0.6) is 0 Å². The second kappa shape index (κ2) is 6.33. The lowest BCUT2D eigenvalue weighted by molar-refractivity contribution is -0.122. The van der Waals surface area contributed by atoms with Gasteiger partial charge in [-0.05, 0) is 19.3 Å². The molecule has 5 heteroatoms. The molecular formula is C12H23N3O2. The van der Waals surface area contributed by atoms with Gasteiger partial charge in [0.25, 0.3) is 0 Å². The molecule has 2 aliphatic rings. The predicted molar refractivity (Wildman–Crippen MR) is 65.6 cm³/mol. The maximum atomic E-state index is 11.7. The van der Waals surface area contributed by atoms with Crippen molar-refractivity contribution in [3.8, 4) is 0 Å². The highest BCUT2D eigenvalue weighted by molar-refractivity contribution is 5.78. The lowest BCUT2D eigenvalue weighted by Crippen LogP contribution is -2.45. The Labute approximate surface area is 103 Å². The van der Waals surface area contributed by atoms with Crippen LogP contribution in [0.1, 0.15) is 19.3 Å². The van der Waals surface area contributed by atoms with E-state index in [1.807, 2.05) is 0 Å². The van der Waals surface area contributed by atoms with Gasteiger partial charge >= 0.3 is 0 Å². The zero-order chi connectivity index (χ0) is 12.1. The van der Waals surface area contributed by atoms with Crippen molar-refractivity contribution in [1.82, 2.24) is 10.2 Å². The Balaban J connectivity index is 1.60. The summed E-state index contributed by atoms with van der Waals surface area (Å²) in [6.45, 7) is 4.79. The van der Waals surface area contributed by atoms with Gasteiger partial charge in [0, 0.05) is 38.2 Å². The highest BCUT2D eigenvalue weighted by Gasteiger charge is 2.20. The van der Waals surface area contributed by atoms with Gasteiger partial charge in [-0.15, -0.1) is 0 Å². The summed E-state index contributed by atoms with van der Waals surface area (Å²) in [5.74, 6) is 0.640. The van der Waals surface area contributed by atoms with Crippen molar-refractivity contribution in [2.45, 2.75) is 25.3 Å². The molecule has 98 valence electrons. The van der Waals surface area contributed by atoms with E-state index < -0.39 is 0 Å². The van der Waals surface area contributed by atoms with Crippen LogP contribution in [0, 0.1) is 5.92 Å². The molecule has 5 nitrogen and oxygen atoms in total. The van der Waals surface area contributed by atoms with E-state index >= 15 is 0 Å². The van der Waals surface area contributed by atoms with Gasteiger partial charge in [0.1, 0.15) is 0 Å². The molecular weight excluding hydrogens is 218 g/mol. The third-order valence-corrected chi connectivity index (χ3v) is 3.61. The van der Waals surface area contributed by atoms with E-state index in [0.29, 0.717) is 18.5 Å². The van der Waals surface area contributed by atoms with Crippen molar-refractivity contribution < 1.29 is 9.53 Å². The summed E-state index contributed by atoms with van der Waals surface area (Å²) in [6, 6.07) is 0.324. The highest BCUT2D eigenvalue weighted by atomic mass is 16.5. The zero-order valence-corrected chi connectivity index (χ0v) is 10.4. The molecule has 0 radical (unpaired) electrons. The molecule has 0 aromatic carbocycles.